The molecule has 0 aliphatic heterocycles. The first kappa shape index (κ1) is 19.2. The first-order valence-electron chi connectivity index (χ1n) is 7.56. The van der Waals surface area contributed by atoms with E-state index in [1.165, 1.54) is 11.3 Å². The second-order valence-corrected chi connectivity index (χ2v) is 6.81. The molecule has 1 heterocycles. The van der Waals surface area contributed by atoms with E-state index in [4.69, 9.17) is 21.4 Å². The van der Waals surface area contributed by atoms with Gasteiger partial charge in [-0.1, -0.05) is 11.6 Å². The molecule has 0 aliphatic carbocycles. The van der Waals surface area contributed by atoms with Gasteiger partial charge in [-0.05, 0) is 35.9 Å². The van der Waals surface area contributed by atoms with E-state index in [9.17, 15) is 18.0 Å². The summed E-state index contributed by atoms with van der Waals surface area (Å²) in [7, 11) is 0. The van der Waals surface area contributed by atoms with E-state index < -0.39 is 23.4 Å². The smallest absolute Gasteiger partial charge is 0.309 e. The van der Waals surface area contributed by atoms with Gasteiger partial charge in [-0.3, -0.25) is 4.79 Å². The van der Waals surface area contributed by atoms with Crippen molar-refractivity contribution in [3.05, 3.63) is 69.4 Å². The van der Waals surface area contributed by atoms with Crippen molar-refractivity contribution in [1.29, 1.82) is 0 Å². The van der Waals surface area contributed by atoms with E-state index >= 15 is 0 Å². The van der Waals surface area contributed by atoms with Crippen molar-refractivity contribution in [1.82, 2.24) is 4.98 Å². The molecule has 0 aliphatic rings. The van der Waals surface area contributed by atoms with Gasteiger partial charge in [0, 0.05) is 10.4 Å². The van der Waals surface area contributed by atoms with Crippen LogP contribution in [0, 0.1) is 17.5 Å². The quantitative estimate of drug-likeness (QED) is 0.572. The van der Waals surface area contributed by atoms with Gasteiger partial charge in [-0.25, -0.2) is 18.2 Å². The maximum absolute atomic E-state index is 13.3. The molecule has 2 aromatic carbocycles. The Bertz CT molecular complexity index is 986. The van der Waals surface area contributed by atoms with Gasteiger partial charge in [-0.15, -0.1) is 11.3 Å². The number of hydrogen-bond acceptors (Lipinski definition) is 4. The minimum absolute atomic E-state index is 0.109. The zero-order chi connectivity index (χ0) is 19.6. The molecule has 1 N–H and O–H groups in total. The molecule has 0 saturated carbocycles. The fraction of sp³-hybridized carbons (Fsp3) is 0.111. The lowest BCUT2D eigenvalue weighted by molar-refractivity contribution is -0.136. The summed E-state index contributed by atoms with van der Waals surface area (Å²) in [4.78, 5) is 15.1. The number of rotatable bonds is 6. The van der Waals surface area contributed by atoms with Crippen LogP contribution in [0.5, 0.6) is 5.75 Å². The van der Waals surface area contributed by atoms with Crippen molar-refractivity contribution >= 4 is 28.9 Å². The third-order valence-corrected chi connectivity index (χ3v) is 4.65. The van der Waals surface area contributed by atoms with E-state index in [1.807, 2.05) is 0 Å². The summed E-state index contributed by atoms with van der Waals surface area (Å²) < 4.78 is 45.3. The van der Waals surface area contributed by atoms with Crippen LogP contribution in [0.15, 0.2) is 35.7 Å². The third kappa shape index (κ3) is 4.58. The first-order chi connectivity index (χ1) is 12.8. The Morgan fingerprint density at radius 1 is 1.19 bits per heavy atom. The van der Waals surface area contributed by atoms with Crippen LogP contribution in [-0.2, 0) is 17.8 Å². The minimum atomic E-state index is -1.54. The number of aliphatic carboxylic acids is 1. The van der Waals surface area contributed by atoms with Crippen LogP contribution in [0.1, 0.15) is 11.3 Å². The van der Waals surface area contributed by atoms with Gasteiger partial charge in [0.2, 0.25) is 0 Å². The highest BCUT2D eigenvalue weighted by Crippen LogP contribution is 2.35. The topological polar surface area (TPSA) is 59.4 Å². The zero-order valence-corrected chi connectivity index (χ0v) is 15.1. The molecule has 3 aromatic rings. The second-order valence-electron chi connectivity index (χ2n) is 5.52. The number of benzene rings is 2. The molecule has 0 bridgehead atoms. The average molecular weight is 414 g/mol. The summed E-state index contributed by atoms with van der Waals surface area (Å²) in [5.74, 6) is -4.82. The highest BCUT2D eigenvalue weighted by Gasteiger charge is 2.15. The highest BCUT2D eigenvalue weighted by molar-refractivity contribution is 7.13. The fourth-order valence-electron chi connectivity index (χ4n) is 2.31. The number of nitrogens with zero attached hydrogens (tertiary/aromatic N) is 1. The van der Waals surface area contributed by atoms with E-state index in [0.717, 1.165) is 12.1 Å². The van der Waals surface area contributed by atoms with Crippen molar-refractivity contribution in [2.45, 2.75) is 13.0 Å². The molecule has 9 heteroatoms. The normalized spacial score (nSPS) is 10.8. The van der Waals surface area contributed by atoms with E-state index in [1.54, 1.807) is 23.6 Å². The molecule has 1 aromatic heterocycles. The Morgan fingerprint density at radius 3 is 2.56 bits per heavy atom. The predicted molar refractivity (Wildman–Crippen MR) is 94.5 cm³/mol. The fourth-order valence-corrected chi connectivity index (χ4v) is 3.33. The number of carboxylic acids is 1. The van der Waals surface area contributed by atoms with Gasteiger partial charge < -0.3 is 9.84 Å². The Balaban J connectivity index is 1.86. The molecule has 0 saturated heterocycles. The number of hydrogen-bond donors (Lipinski definition) is 1. The first-order valence-corrected chi connectivity index (χ1v) is 8.81. The van der Waals surface area contributed by atoms with Gasteiger partial charge in [-0.2, -0.15) is 0 Å². The molecule has 0 unspecified atom stereocenters. The largest absolute Gasteiger partial charge is 0.488 e. The molecule has 27 heavy (non-hydrogen) atoms. The lowest BCUT2D eigenvalue weighted by Crippen LogP contribution is -2.01. The van der Waals surface area contributed by atoms with Crippen LogP contribution in [0.4, 0.5) is 13.2 Å². The maximum atomic E-state index is 13.3. The lowest BCUT2D eigenvalue weighted by atomic mass is 10.2. The van der Waals surface area contributed by atoms with Crippen molar-refractivity contribution in [2.75, 3.05) is 0 Å². The van der Waals surface area contributed by atoms with E-state index in [0.29, 0.717) is 27.0 Å². The maximum Gasteiger partial charge on any atom is 0.309 e. The summed E-state index contributed by atoms with van der Waals surface area (Å²) in [5.41, 5.74) is 1.00. The Kier molecular flexibility index (Phi) is 5.67. The van der Waals surface area contributed by atoms with Gasteiger partial charge in [0.25, 0.3) is 0 Å². The average Bonchev–Trinajstić information content (AvgIpc) is 3.06. The molecule has 3 rings (SSSR count). The van der Waals surface area contributed by atoms with Crippen molar-refractivity contribution in [3.8, 4) is 16.3 Å². The molecule has 0 spiro atoms. The summed E-state index contributed by atoms with van der Waals surface area (Å²) in [6, 6.07) is 6.42. The molecule has 140 valence electrons. The van der Waals surface area contributed by atoms with Crippen molar-refractivity contribution < 1.29 is 27.8 Å². The molecule has 0 amide bonds. The van der Waals surface area contributed by atoms with Crippen LogP contribution >= 0.6 is 22.9 Å². The molecular weight excluding hydrogens is 403 g/mol. The molecule has 0 atom stereocenters. The van der Waals surface area contributed by atoms with Crippen LogP contribution in [0.3, 0.4) is 0 Å². The minimum Gasteiger partial charge on any atom is -0.488 e. The number of carboxylic acid groups (broad SMARTS) is 1. The van der Waals surface area contributed by atoms with Gasteiger partial charge >= 0.3 is 5.97 Å². The molecular formula is C18H11ClF3NO3S. The van der Waals surface area contributed by atoms with Gasteiger partial charge in [0.15, 0.2) is 17.5 Å². The SMILES string of the molecule is O=C(O)Cc1csc(-c2cc(Cl)ccc2OCc2cc(F)c(F)c(F)c2)n1. The Labute approximate surface area is 160 Å². The van der Waals surface area contributed by atoms with Gasteiger partial charge in [0.1, 0.15) is 17.4 Å². The van der Waals surface area contributed by atoms with Crippen LogP contribution in [0.25, 0.3) is 10.6 Å². The van der Waals surface area contributed by atoms with Crippen molar-refractivity contribution in [2.24, 2.45) is 0 Å². The number of halogens is 4. The third-order valence-electron chi connectivity index (χ3n) is 3.49. The van der Waals surface area contributed by atoms with Gasteiger partial charge in [0.05, 0.1) is 17.7 Å². The molecule has 0 fully saturated rings. The number of carbonyl (C=O) groups is 1. The zero-order valence-electron chi connectivity index (χ0n) is 13.5. The number of ether oxygens (including phenoxy) is 1. The second kappa shape index (κ2) is 7.98. The van der Waals surface area contributed by atoms with Crippen molar-refractivity contribution in [3.63, 3.8) is 0 Å². The standard InChI is InChI=1S/C18H11ClF3NO3S/c19-10-1-2-15(26-7-9-3-13(20)17(22)14(21)4-9)12(5-10)18-23-11(8-27-18)6-16(24)25/h1-5,8H,6-7H2,(H,24,25). The summed E-state index contributed by atoms with van der Waals surface area (Å²) in [6.45, 7) is -0.212. The lowest BCUT2D eigenvalue weighted by Gasteiger charge is -2.11. The number of aromatic nitrogens is 1. The van der Waals surface area contributed by atoms with Crippen LogP contribution in [0.2, 0.25) is 5.02 Å². The monoisotopic (exact) mass is 413 g/mol. The summed E-state index contributed by atoms with van der Waals surface area (Å²) >= 11 is 7.23. The Morgan fingerprint density at radius 2 is 1.89 bits per heavy atom. The Hall–Kier alpha value is -2.58. The highest BCUT2D eigenvalue weighted by atomic mass is 35.5. The van der Waals surface area contributed by atoms with E-state index in [-0.39, 0.29) is 18.6 Å². The molecule has 4 nitrogen and oxygen atoms in total. The van der Waals surface area contributed by atoms with Crippen LogP contribution in [-0.4, -0.2) is 16.1 Å². The number of thiazole rings is 1. The molecule has 0 radical (unpaired) electrons. The van der Waals surface area contributed by atoms with E-state index in [2.05, 4.69) is 4.98 Å². The summed E-state index contributed by atoms with van der Waals surface area (Å²) in [5, 5.41) is 11.4. The predicted octanol–water partition coefficient (Wildman–Crippen LogP) is 5.09. The summed E-state index contributed by atoms with van der Waals surface area (Å²) in [6.07, 6.45) is -0.221. The van der Waals surface area contributed by atoms with Crippen LogP contribution < -0.4 is 4.74 Å².